The van der Waals surface area contributed by atoms with E-state index in [1.807, 2.05) is 6.92 Å². The SMILES string of the molecule is Cc1cnn(C(=O)c2cc(Br)c(Br)s2)c1. The van der Waals surface area contributed by atoms with E-state index in [0.717, 1.165) is 13.8 Å². The molecular formula is C9H6Br2N2OS. The van der Waals surface area contributed by atoms with Crippen LogP contribution in [-0.2, 0) is 0 Å². The van der Waals surface area contributed by atoms with Gasteiger partial charge in [-0.05, 0) is 50.4 Å². The van der Waals surface area contributed by atoms with E-state index in [9.17, 15) is 4.79 Å². The van der Waals surface area contributed by atoms with Gasteiger partial charge in [0.05, 0.1) is 14.9 Å². The van der Waals surface area contributed by atoms with E-state index in [1.54, 1.807) is 18.5 Å². The summed E-state index contributed by atoms with van der Waals surface area (Å²) in [5.74, 6) is -0.112. The second kappa shape index (κ2) is 4.19. The molecule has 0 aliphatic rings. The van der Waals surface area contributed by atoms with Crippen LogP contribution in [0.15, 0.2) is 26.7 Å². The third-order valence-corrected chi connectivity index (χ3v) is 5.02. The number of hydrogen-bond acceptors (Lipinski definition) is 3. The average molecular weight is 350 g/mol. The molecule has 0 radical (unpaired) electrons. The number of thiophene rings is 1. The highest BCUT2D eigenvalue weighted by atomic mass is 79.9. The Morgan fingerprint density at radius 3 is 2.73 bits per heavy atom. The molecule has 2 rings (SSSR count). The van der Waals surface area contributed by atoms with Crippen LogP contribution in [0.25, 0.3) is 0 Å². The molecule has 0 spiro atoms. The zero-order valence-electron chi connectivity index (χ0n) is 7.70. The summed E-state index contributed by atoms with van der Waals surface area (Å²) in [5.41, 5.74) is 0.970. The summed E-state index contributed by atoms with van der Waals surface area (Å²) in [5, 5.41) is 3.97. The molecule has 6 heteroatoms. The van der Waals surface area contributed by atoms with E-state index in [4.69, 9.17) is 0 Å². The minimum atomic E-state index is -0.112. The zero-order valence-corrected chi connectivity index (χ0v) is 11.7. The van der Waals surface area contributed by atoms with Crippen LogP contribution in [0.1, 0.15) is 15.2 Å². The van der Waals surface area contributed by atoms with Gasteiger partial charge in [0.2, 0.25) is 0 Å². The summed E-state index contributed by atoms with van der Waals surface area (Å²) in [6.45, 7) is 1.90. The molecule has 0 bridgehead atoms. The Bertz CT molecular complexity index is 498. The monoisotopic (exact) mass is 348 g/mol. The highest BCUT2D eigenvalue weighted by molar-refractivity contribution is 9.13. The molecule has 0 aliphatic carbocycles. The van der Waals surface area contributed by atoms with Crippen molar-refractivity contribution in [3.8, 4) is 0 Å². The van der Waals surface area contributed by atoms with Crippen LogP contribution in [0.5, 0.6) is 0 Å². The van der Waals surface area contributed by atoms with Crippen molar-refractivity contribution in [2.45, 2.75) is 6.92 Å². The van der Waals surface area contributed by atoms with Crippen LogP contribution in [0.3, 0.4) is 0 Å². The van der Waals surface area contributed by atoms with Gasteiger partial charge in [0.25, 0.3) is 5.91 Å². The summed E-state index contributed by atoms with van der Waals surface area (Å²) >= 11 is 8.08. The fourth-order valence-corrected chi connectivity index (χ4v) is 3.06. The summed E-state index contributed by atoms with van der Waals surface area (Å²) < 4.78 is 3.15. The van der Waals surface area contributed by atoms with Gasteiger partial charge in [-0.15, -0.1) is 11.3 Å². The number of aromatic nitrogens is 2. The number of halogens is 2. The zero-order chi connectivity index (χ0) is 11.0. The summed E-state index contributed by atoms with van der Waals surface area (Å²) in [7, 11) is 0. The Morgan fingerprint density at radius 2 is 2.27 bits per heavy atom. The molecule has 0 fully saturated rings. The first-order valence-electron chi connectivity index (χ1n) is 4.09. The molecule has 2 heterocycles. The molecule has 0 saturated heterocycles. The average Bonchev–Trinajstić information content (AvgIpc) is 2.74. The lowest BCUT2D eigenvalue weighted by Gasteiger charge is -1.94. The van der Waals surface area contributed by atoms with Gasteiger partial charge in [0, 0.05) is 10.7 Å². The Kier molecular flexibility index (Phi) is 3.08. The molecule has 3 nitrogen and oxygen atoms in total. The first-order valence-corrected chi connectivity index (χ1v) is 6.49. The maximum absolute atomic E-state index is 11.9. The molecule has 0 saturated carbocycles. The molecule has 0 aromatic carbocycles. The Labute approximate surface area is 107 Å². The van der Waals surface area contributed by atoms with Gasteiger partial charge in [0.15, 0.2) is 0 Å². The molecule has 2 aromatic rings. The van der Waals surface area contributed by atoms with Crippen LogP contribution in [0, 0.1) is 6.92 Å². The summed E-state index contributed by atoms with van der Waals surface area (Å²) in [4.78, 5) is 12.5. The topological polar surface area (TPSA) is 34.9 Å². The van der Waals surface area contributed by atoms with E-state index in [-0.39, 0.29) is 5.91 Å². The third-order valence-electron chi connectivity index (χ3n) is 1.78. The minimum Gasteiger partial charge on any atom is -0.266 e. The molecule has 0 unspecified atom stereocenters. The van der Waals surface area contributed by atoms with E-state index >= 15 is 0 Å². The Hall–Kier alpha value is -0.460. The maximum atomic E-state index is 11.9. The Balaban J connectivity index is 2.36. The van der Waals surface area contributed by atoms with E-state index < -0.39 is 0 Å². The Morgan fingerprint density at radius 1 is 1.53 bits per heavy atom. The maximum Gasteiger partial charge on any atom is 0.288 e. The second-order valence-electron chi connectivity index (χ2n) is 3.00. The van der Waals surface area contributed by atoms with Crippen molar-refractivity contribution >= 4 is 49.1 Å². The van der Waals surface area contributed by atoms with E-state index in [1.165, 1.54) is 16.0 Å². The smallest absolute Gasteiger partial charge is 0.266 e. The molecule has 0 N–H and O–H groups in total. The van der Waals surface area contributed by atoms with Crippen molar-refractivity contribution in [1.82, 2.24) is 9.78 Å². The number of rotatable bonds is 1. The first-order chi connectivity index (χ1) is 7.08. The summed E-state index contributed by atoms with van der Waals surface area (Å²) in [6, 6.07) is 1.79. The van der Waals surface area contributed by atoms with Gasteiger partial charge >= 0.3 is 0 Å². The lowest BCUT2D eigenvalue weighted by atomic mass is 10.4. The van der Waals surface area contributed by atoms with Crippen molar-refractivity contribution in [3.63, 3.8) is 0 Å². The van der Waals surface area contributed by atoms with Gasteiger partial charge in [-0.2, -0.15) is 5.10 Å². The highest BCUT2D eigenvalue weighted by Crippen LogP contribution is 2.32. The predicted octanol–water partition coefficient (Wildman–Crippen LogP) is 3.47. The van der Waals surface area contributed by atoms with Gasteiger partial charge in [-0.1, -0.05) is 0 Å². The molecule has 2 aromatic heterocycles. The van der Waals surface area contributed by atoms with Crippen molar-refractivity contribution in [1.29, 1.82) is 0 Å². The lowest BCUT2D eigenvalue weighted by Crippen LogP contribution is -2.10. The molecule has 0 aliphatic heterocycles. The second-order valence-corrected chi connectivity index (χ2v) is 6.22. The van der Waals surface area contributed by atoms with E-state index in [2.05, 4.69) is 37.0 Å². The standard InChI is InChI=1S/C9H6Br2N2OS/c1-5-3-12-13(4-5)9(14)7-2-6(10)8(11)15-7/h2-4H,1H3. The van der Waals surface area contributed by atoms with Gasteiger partial charge in [-0.3, -0.25) is 4.79 Å². The number of carbonyl (C=O) groups excluding carboxylic acids is 1. The van der Waals surface area contributed by atoms with Crippen LogP contribution in [0.2, 0.25) is 0 Å². The molecular weight excluding hydrogens is 344 g/mol. The van der Waals surface area contributed by atoms with Crippen molar-refractivity contribution in [2.24, 2.45) is 0 Å². The van der Waals surface area contributed by atoms with Crippen molar-refractivity contribution in [2.75, 3.05) is 0 Å². The normalized spacial score (nSPS) is 10.6. The van der Waals surface area contributed by atoms with Crippen LogP contribution in [-0.4, -0.2) is 15.7 Å². The highest BCUT2D eigenvalue weighted by Gasteiger charge is 2.14. The minimum absolute atomic E-state index is 0.112. The number of carbonyl (C=O) groups is 1. The van der Waals surface area contributed by atoms with Gasteiger partial charge in [0.1, 0.15) is 0 Å². The lowest BCUT2D eigenvalue weighted by molar-refractivity contribution is 0.0949. The largest absolute Gasteiger partial charge is 0.288 e. The van der Waals surface area contributed by atoms with Crippen LogP contribution in [0.4, 0.5) is 0 Å². The number of aryl methyl sites for hydroxylation is 1. The quantitative estimate of drug-likeness (QED) is 0.790. The van der Waals surface area contributed by atoms with E-state index in [0.29, 0.717) is 4.88 Å². The van der Waals surface area contributed by atoms with Gasteiger partial charge < -0.3 is 0 Å². The summed E-state index contributed by atoms with van der Waals surface area (Å²) in [6.07, 6.45) is 3.37. The molecule has 78 valence electrons. The van der Waals surface area contributed by atoms with Crippen molar-refractivity contribution < 1.29 is 4.79 Å². The van der Waals surface area contributed by atoms with Gasteiger partial charge in [-0.25, -0.2) is 4.68 Å². The fraction of sp³-hybridized carbons (Fsp3) is 0.111. The molecule has 0 amide bonds. The first kappa shape index (κ1) is 11.0. The third kappa shape index (κ3) is 2.21. The fourth-order valence-electron chi connectivity index (χ4n) is 1.09. The van der Waals surface area contributed by atoms with Crippen molar-refractivity contribution in [3.05, 3.63) is 37.2 Å². The number of nitrogens with zero attached hydrogens (tertiary/aromatic N) is 2. The molecule has 15 heavy (non-hydrogen) atoms. The van der Waals surface area contributed by atoms with Crippen LogP contribution < -0.4 is 0 Å². The molecule has 0 atom stereocenters. The predicted molar refractivity (Wildman–Crippen MR) is 66.4 cm³/mol. The van der Waals surface area contributed by atoms with Crippen LogP contribution >= 0.6 is 43.2 Å². The number of hydrogen-bond donors (Lipinski definition) is 0.